The second-order valence-corrected chi connectivity index (χ2v) is 6.35. The van der Waals surface area contributed by atoms with Crippen LogP contribution in [-0.2, 0) is 9.59 Å². The molecule has 10 heteroatoms. The monoisotopic (exact) mass is 372 g/mol. The van der Waals surface area contributed by atoms with Gasteiger partial charge in [0.25, 0.3) is 5.91 Å². The first-order valence-electron chi connectivity index (χ1n) is 8.37. The van der Waals surface area contributed by atoms with E-state index in [0.29, 0.717) is 30.6 Å². The van der Waals surface area contributed by atoms with Crippen LogP contribution in [0.2, 0.25) is 0 Å². The molecule has 1 N–H and O–H groups in total. The lowest BCUT2D eigenvalue weighted by Crippen LogP contribution is -2.63. The first-order chi connectivity index (χ1) is 12.9. The summed E-state index contributed by atoms with van der Waals surface area (Å²) in [7, 11) is 3.07. The fourth-order valence-electron chi connectivity index (χ4n) is 3.62. The van der Waals surface area contributed by atoms with Crippen molar-refractivity contribution in [3.8, 4) is 5.75 Å². The second-order valence-electron chi connectivity index (χ2n) is 6.35. The minimum absolute atomic E-state index is 0.307. The molecular weight excluding hydrogens is 354 g/mol. The van der Waals surface area contributed by atoms with Crippen LogP contribution in [0.3, 0.4) is 0 Å². The van der Waals surface area contributed by atoms with Crippen molar-refractivity contribution in [2.45, 2.75) is 6.04 Å². The van der Waals surface area contributed by atoms with Crippen molar-refractivity contribution >= 4 is 35.4 Å². The molecule has 3 heterocycles. The number of benzene rings is 1. The maximum Gasteiger partial charge on any atom is 0.397 e. The van der Waals surface area contributed by atoms with Gasteiger partial charge in [-0.2, -0.15) is 0 Å². The summed E-state index contributed by atoms with van der Waals surface area (Å²) in [5.41, 5.74) is 0.810. The molecule has 3 aliphatic heterocycles. The quantitative estimate of drug-likeness (QED) is 0.724. The largest absolute Gasteiger partial charge is 0.493 e. The third-order valence-electron chi connectivity index (χ3n) is 4.86. The van der Waals surface area contributed by atoms with Crippen LogP contribution >= 0.6 is 0 Å². The summed E-state index contributed by atoms with van der Waals surface area (Å²) in [6, 6.07) is 5.98. The lowest BCUT2D eigenvalue weighted by atomic mass is 10.1. The van der Waals surface area contributed by atoms with Gasteiger partial charge in [-0.3, -0.25) is 14.5 Å². The fraction of sp³-hybridized carbons (Fsp3) is 0.353. The number of hydrogen-bond donors (Lipinski definition) is 1. The number of methoxy groups -OCH3 is 1. The summed E-state index contributed by atoms with van der Waals surface area (Å²) in [4.78, 5) is 44.8. The van der Waals surface area contributed by atoms with Crippen LogP contribution in [0, 0.1) is 0 Å². The van der Waals surface area contributed by atoms with E-state index in [1.54, 1.807) is 11.7 Å². The smallest absolute Gasteiger partial charge is 0.397 e. The molecule has 1 atom stereocenters. The van der Waals surface area contributed by atoms with Crippen LogP contribution in [0.5, 0.6) is 5.75 Å². The third-order valence-corrected chi connectivity index (χ3v) is 4.86. The van der Waals surface area contributed by atoms with Crippen LogP contribution in [0.4, 0.5) is 10.5 Å². The van der Waals surface area contributed by atoms with Gasteiger partial charge in [0.2, 0.25) is 11.9 Å². The molecule has 0 aromatic heterocycles. The number of hydrogen-bond acceptors (Lipinski definition) is 6. The number of carboxylic acid groups (broad SMARTS) is 1. The highest BCUT2D eigenvalue weighted by Crippen LogP contribution is 2.32. The highest BCUT2D eigenvalue weighted by Gasteiger charge is 2.55. The van der Waals surface area contributed by atoms with Crippen LogP contribution in [0.15, 0.2) is 29.3 Å². The zero-order valence-electron chi connectivity index (χ0n) is 14.8. The molecule has 1 aromatic carbocycles. The Balaban J connectivity index is 1.74. The molecule has 0 saturated carbocycles. The summed E-state index contributed by atoms with van der Waals surface area (Å²) in [6.45, 7) is 0.428. The number of para-hydroxylation sites is 2. The molecule has 0 bridgehead atoms. The molecule has 0 aliphatic carbocycles. The van der Waals surface area contributed by atoms with Gasteiger partial charge in [0.05, 0.1) is 13.7 Å². The van der Waals surface area contributed by atoms with Gasteiger partial charge < -0.3 is 9.84 Å². The number of urea groups is 1. The molecule has 0 spiro atoms. The van der Waals surface area contributed by atoms with Crippen molar-refractivity contribution in [1.82, 2.24) is 9.80 Å². The molecule has 3 aliphatic rings. The molecule has 1 fully saturated rings. The number of amides is 3. The van der Waals surface area contributed by atoms with E-state index in [-0.39, 0.29) is 0 Å². The number of carboxylic acids is 1. The molecular formula is C17H18N5O5+. The Morgan fingerprint density at radius 3 is 2.81 bits per heavy atom. The Kier molecular flexibility index (Phi) is 3.83. The Hall–Kier alpha value is -3.43. The lowest BCUT2D eigenvalue weighted by molar-refractivity contribution is -0.525. The molecule has 4 rings (SSSR count). The van der Waals surface area contributed by atoms with Crippen molar-refractivity contribution in [1.29, 1.82) is 0 Å². The number of fused-ring (bicyclic) bond motifs is 2. The average molecular weight is 372 g/mol. The fourth-order valence-corrected chi connectivity index (χ4v) is 3.62. The Labute approximate surface area is 154 Å². The standard InChI is InChI=1S/C17H17N5O5/c1-19-14-13(15(25)22(17(19)26)9-12(23)24)21-8-7-20(16(21)18-14)10-5-3-4-6-11(10)27-2/h3-6,13H,7-9H2,1-2H3/p+1. The van der Waals surface area contributed by atoms with E-state index in [0.717, 1.165) is 10.6 Å². The number of ether oxygens (including phenoxy) is 1. The highest BCUT2D eigenvalue weighted by atomic mass is 16.5. The number of rotatable bonds is 4. The molecule has 0 radical (unpaired) electrons. The van der Waals surface area contributed by atoms with Gasteiger partial charge in [-0.05, 0) is 12.1 Å². The maximum absolute atomic E-state index is 12.8. The number of nitrogens with zero attached hydrogens (tertiary/aromatic N) is 5. The second kappa shape index (κ2) is 6.08. The van der Waals surface area contributed by atoms with Gasteiger partial charge in [0, 0.05) is 7.05 Å². The van der Waals surface area contributed by atoms with Crippen molar-refractivity contribution in [2.24, 2.45) is 4.99 Å². The molecule has 1 saturated heterocycles. The van der Waals surface area contributed by atoms with Crippen LogP contribution < -0.4 is 9.64 Å². The molecule has 1 unspecified atom stereocenters. The SMILES string of the molecule is COc1ccccc1N1CC[N+]2=C1N=C1C2C(=O)N(CC(=O)O)C(=O)N1C. The molecule has 3 amide bonds. The topological polar surface area (TPSA) is 106 Å². The maximum atomic E-state index is 12.8. The van der Waals surface area contributed by atoms with Gasteiger partial charge in [-0.25, -0.2) is 19.2 Å². The van der Waals surface area contributed by atoms with Crippen LogP contribution in [-0.4, -0.2) is 89.0 Å². The number of carbonyl (C=O) groups excluding carboxylic acids is 2. The zero-order valence-corrected chi connectivity index (χ0v) is 14.8. The molecule has 10 nitrogen and oxygen atoms in total. The number of carbonyl (C=O) groups is 3. The van der Waals surface area contributed by atoms with Gasteiger partial charge in [-0.1, -0.05) is 17.1 Å². The van der Waals surface area contributed by atoms with E-state index in [1.165, 1.54) is 11.9 Å². The zero-order chi connectivity index (χ0) is 19.3. The molecule has 27 heavy (non-hydrogen) atoms. The number of aliphatic imine (C=N–C) groups is 1. The van der Waals surface area contributed by atoms with Gasteiger partial charge in [0.15, 0.2) is 5.75 Å². The van der Waals surface area contributed by atoms with Crippen molar-refractivity contribution in [2.75, 3.05) is 38.7 Å². The predicted octanol–water partition coefficient (Wildman–Crippen LogP) is -0.357. The summed E-state index contributed by atoms with van der Waals surface area (Å²) >= 11 is 0. The number of guanidine groups is 1. The number of aliphatic carboxylic acids is 1. The normalized spacial score (nSPS) is 21.5. The Morgan fingerprint density at radius 2 is 2.11 bits per heavy atom. The van der Waals surface area contributed by atoms with E-state index in [4.69, 9.17) is 9.84 Å². The summed E-state index contributed by atoms with van der Waals surface area (Å²) < 4.78 is 7.21. The molecule has 140 valence electrons. The van der Waals surface area contributed by atoms with Crippen LogP contribution in [0.1, 0.15) is 0 Å². The van der Waals surface area contributed by atoms with Crippen molar-refractivity contribution in [3.63, 3.8) is 0 Å². The number of imide groups is 1. The van der Waals surface area contributed by atoms with Crippen LogP contribution in [0.25, 0.3) is 0 Å². The summed E-state index contributed by atoms with van der Waals surface area (Å²) in [5.74, 6) is -0.294. The van der Waals surface area contributed by atoms with E-state index in [9.17, 15) is 14.4 Å². The van der Waals surface area contributed by atoms with Gasteiger partial charge >= 0.3 is 18.0 Å². The average Bonchev–Trinajstić information content (AvgIpc) is 3.22. The number of anilines is 1. The third kappa shape index (κ3) is 2.44. The van der Waals surface area contributed by atoms with E-state index < -0.39 is 30.5 Å². The lowest BCUT2D eigenvalue weighted by Gasteiger charge is -2.32. The summed E-state index contributed by atoms with van der Waals surface area (Å²) in [6.07, 6.45) is 0. The van der Waals surface area contributed by atoms with Gasteiger partial charge in [0.1, 0.15) is 18.8 Å². The Morgan fingerprint density at radius 1 is 1.37 bits per heavy atom. The first-order valence-corrected chi connectivity index (χ1v) is 8.37. The van der Waals surface area contributed by atoms with Gasteiger partial charge in [-0.15, -0.1) is 0 Å². The highest BCUT2D eigenvalue weighted by molar-refractivity contribution is 6.24. The molecule has 1 aromatic rings. The number of amidine groups is 1. The Bertz CT molecular complexity index is 924. The van der Waals surface area contributed by atoms with E-state index in [1.807, 2.05) is 29.2 Å². The number of likely N-dealkylation sites (N-methyl/N-ethyl adjacent to an activating group) is 1. The summed E-state index contributed by atoms with van der Waals surface area (Å²) in [5, 5.41) is 9.03. The minimum Gasteiger partial charge on any atom is -0.493 e. The minimum atomic E-state index is -1.25. The first kappa shape index (κ1) is 17.0. The van der Waals surface area contributed by atoms with Crippen molar-refractivity contribution in [3.05, 3.63) is 24.3 Å². The van der Waals surface area contributed by atoms with E-state index in [2.05, 4.69) is 4.99 Å². The predicted molar refractivity (Wildman–Crippen MR) is 94.2 cm³/mol. The van der Waals surface area contributed by atoms with E-state index >= 15 is 0 Å². The van der Waals surface area contributed by atoms with Crippen molar-refractivity contribution < 1.29 is 28.8 Å².